The minimum atomic E-state index is 0.123. The zero-order valence-electron chi connectivity index (χ0n) is 15.3. The molecule has 1 amide bonds. The van der Waals surface area contributed by atoms with E-state index in [2.05, 4.69) is 10.2 Å². The molecule has 0 bridgehead atoms. The molecule has 0 radical (unpaired) electrons. The van der Waals surface area contributed by atoms with E-state index in [0.29, 0.717) is 36.3 Å². The third-order valence-electron chi connectivity index (χ3n) is 4.43. The van der Waals surface area contributed by atoms with Gasteiger partial charge in [-0.05, 0) is 24.6 Å². The molecule has 1 aromatic carbocycles. The van der Waals surface area contributed by atoms with Crippen LogP contribution in [-0.4, -0.2) is 67.6 Å². The summed E-state index contributed by atoms with van der Waals surface area (Å²) in [5, 5.41) is 3.88. The number of benzene rings is 1. The first-order valence-corrected chi connectivity index (χ1v) is 9.33. The molecular weight excluding hydrogens is 356 g/mol. The summed E-state index contributed by atoms with van der Waals surface area (Å²) in [7, 11) is 0. The first-order valence-electron chi connectivity index (χ1n) is 8.95. The maximum Gasteiger partial charge on any atom is 0.219 e. The summed E-state index contributed by atoms with van der Waals surface area (Å²) >= 11 is 6.30. The molecule has 0 unspecified atom stereocenters. The second kappa shape index (κ2) is 8.49. The number of halogens is 1. The first-order chi connectivity index (χ1) is 12.6. The Morgan fingerprint density at radius 1 is 1.19 bits per heavy atom. The highest BCUT2D eigenvalue weighted by Crippen LogP contribution is 2.38. The van der Waals surface area contributed by atoms with Gasteiger partial charge in [0.2, 0.25) is 5.91 Å². The molecule has 1 saturated heterocycles. The molecule has 0 spiro atoms. The molecule has 7 nitrogen and oxygen atoms in total. The van der Waals surface area contributed by atoms with Crippen LogP contribution < -0.4 is 14.8 Å². The van der Waals surface area contributed by atoms with Crippen LogP contribution in [0.5, 0.6) is 11.5 Å². The Kier molecular flexibility index (Phi) is 6.08. The monoisotopic (exact) mass is 380 g/mol. The fraction of sp³-hybridized carbons (Fsp3) is 0.556. The molecule has 1 aromatic rings. The molecule has 3 rings (SSSR count). The molecule has 2 aliphatic heterocycles. The van der Waals surface area contributed by atoms with Crippen LogP contribution in [-0.2, 0) is 11.3 Å². The maximum atomic E-state index is 11.5. The van der Waals surface area contributed by atoms with Crippen LogP contribution in [0.15, 0.2) is 17.1 Å². The molecule has 0 atom stereocenters. The maximum absolute atomic E-state index is 11.5. The van der Waals surface area contributed by atoms with Gasteiger partial charge in [0, 0.05) is 39.6 Å². The molecule has 26 heavy (non-hydrogen) atoms. The lowest BCUT2D eigenvalue weighted by Crippen LogP contribution is -2.53. The Hall–Kier alpha value is -2.15. The van der Waals surface area contributed by atoms with Gasteiger partial charge in [0.15, 0.2) is 17.5 Å². The number of rotatable bonds is 3. The average Bonchev–Trinajstić information content (AvgIpc) is 2.65. The quantitative estimate of drug-likeness (QED) is 0.639. The number of nitrogens with zero attached hydrogens (tertiary/aromatic N) is 3. The predicted octanol–water partition coefficient (Wildman–Crippen LogP) is 1.74. The first kappa shape index (κ1) is 18.6. The van der Waals surface area contributed by atoms with E-state index in [1.807, 2.05) is 24.0 Å². The van der Waals surface area contributed by atoms with Gasteiger partial charge in [0.05, 0.1) is 11.6 Å². The number of piperazine rings is 1. The Morgan fingerprint density at radius 3 is 2.58 bits per heavy atom. The molecule has 0 saturated carbocycles. The van der Waals surface area contributed by atoms with E-state index in [1.165, 1.54) is 0 Å². The summed E-state index contributed by atoms with van der Waals surface area (Å²) in [6.45, 7) is 8.95. The Balaban J connectivity index is 1.70. The minimum absolute atomic E-state index is 0.123. The molecule has 8 heteroatoms. The van der Waals surface area contributed by atoms with Crippen molar-refractivity contribution in [3.05, 3.63) is 22.7 Å². The van der Waals surface area contributed by atoms with E-state index >= 15 is 0 Å². The standard InChI is InChI=1S/C18H25ClN4O3/c1-3-20-18(23-6-4-22(5-7-23)13(2)24)21-12-14-10-15(19)17-16(11-14)25-8-9-26-17/h10-11H,3-9,12H2,1-2H3,(H,20,21). The number of ether oxygens (including phenoxy) is 2. The van der Waals surface area contributed by atoms with E-state index in [4.69, 9.17) is 26.1 Å². The summed E-state index contributed by atoms with van der Waals surface area (Å²) in [5.41, 5.74) is 0.969. The fourth-order valence-electron chi connectivity index (χ4n) is 3.08. The van der Waals surface area contributed by atoms with Gasteiger partial charge >= 0.3 is 0 Å². The third-order valence-corrected chi connectivity index (χ3v) is 4.71. The van der Waals surface area contributed by atoms with Crippen molar-refractivity contribution in [3.63, 3.8) is 0 Å². The molecule has 2 aliphatic rings. The van der Waals surface area contributed by atoms with Crippen LogP contribution in [0.1, 0.15) is 19.4 Å². The van der Waals surface area contributed by atoms with Crippen LogP contribution >= 0.6 is 11.6 Å². The number of hydrogen-bond donors (Lipinski definition) is 1. The number of carbonyl (C=O) groups is 1. The number of fused-ring (bicyclic) bond motifs is 1. The lowest BCUT2D eigenvalue weighted by atomic mass is 10.2. The van der Waals surface area contributed by atoms with E-state index in [0.717, 1.165) is 44.2 Å². The van der Waals surface area contributed by atoms with Gasteiger partial charge in [-0.1, -0.05) is 11.6 Å². The van der Waals surface area contributed by atoms with Crippen LogP contribution in [0.2, 0.25) is 5.02 Å². The third kappa shape index (κ3) is 4.33. The number of nitrogens with one attached hydrogen (secondary N) is 1. The highest BCUT2D eigenvalue weighted by Gasteiger charge is 2.21. The molecule has 1 fully saturated rings. The second-order valence-electron chi connectivity index (χ2n) is 6.27. The van der Waals surface area contributed by atoms with Crippen molar-refractivity contribution in [1.29, 1.82) is 0 Å². The zero-order chi connectivity index (χ0) is 18.5. The Bertz CT molecular complexity index is 687. The van der Waals surface area contributed by atoms with Gasteiger partial charge in [0.25, 0.3) is 0 Å². The molecule has 1 N–H and O–H groups in total. The van der Waals surface area contributed by atoms with Crippen molar-refractivity contribution in [2.45, 2.75) is 20.4 Å². The largest absolute Gasteiger partial charge is 0.486 e. The lowest BCUT2D eigenvalue weighted by Gasteiger charge is -2.36. The lowest BCUT2D eigenvalue weighted by molar-refractivity contribution is -0.130. The predicted molar refractivity (Wildman–Crippen MR) is 101 cm³/mol. The summed E-state index contributed by atoms with van der Waals surface area (Å²) in [5.74, 6) is 2.26. The van der Waals surface area contributed by atoms with Crippen molar-refractivity contribution < 1.29 is 14.3 Å². The van der Waals surface area contributed by atoms with E-state index in [-0.39, 0.29) is 5.91 Å². The summed E-state index contributed by atoms with van der Waals surface area (Å²) in [4.78, 5) is 20.3. The van der Waals surface area contributed by atoms with Crippen molar-refractivity contribution >= 4 is 23.5 Å². The highest BCUT2D eigenvalue weighted by atomic mass is 35.5. The van der Waals surface area contributed by atoms with Crippen molar-refractivity contribution in [2.75, 3.05) is 45.9 Å². The van der Waals surface area contributed by atoms with Gasteiger partial charge < -0.3 is 24.6 Å². The van der Waals surface area contributed by atoms with Crippen LogP contribution in [0.4, 0.5) is 0 Å². The zero-order valence-corrected chi connectivity index (χ0v) is 16.0. The summed E-state index contributed by atoms with van der Waals surface area (Å²) in [6, 6.07) is 3.80. The summed E-state index contributed by atoms with van der Waals surface area (Å²) in [6.07, 6.45) is 0. The number of carbonyl (C=O) groups excluding carboxylic acids is 1. The van der Waals surface area contributed by atoms with E-state index < -0.39 is 0 Å². The molecule has 142 valence electrons. The highest BCUT2D eigenvalue weighted by molar-refractivity contribution is 6.32. The SMILES string of the molecule is CCNC(=NCc1cc(Cl)c2c(c1)OCCO2)N1CCN(C(C)=O)CC1. The van der Waals surface area contributed by atoms with Crippen molar-refractivity contribution in [1.82, 2.24) is 15.1 Å². The van der Waals surface area contributed by atoms with Crippen molar-refractivity contribution in [3.8, 4) is 11.5 Å². The van der Waals surface area contributed by atoms with E-state index in [1.54, 1.807) is 6.92 Å². The number of aliphatic imine (C=N–C) groups is 1. The van der Waals surface area contributed by atoms with E-state index in [9.17, 15) is 4.79 Å². The fourth-order valence-corrected chi connectivity index (χ4v) is 3.37. The molecular formula is C18H25ClN4O3. The molecule has 2 heterocycles. The normalized spacial score (nSPS) is 17.3. The smallest absolute Gasteiger partial charge is 0.219 e. The second-order valence-corrected chi connectivity index (χ2v) is 6.67. The number of guanidine groups is 1. The van der Waals surface area contributed by atoms with Crippen LogP contribution in [0, 0.1) is 0 Å². The van der Waals surface area contributed by atoms with Crippen LogP contribution in [0.25, 0.3) is 0 Å². The van der Waals surface area contributed by atoms with Gasteiger partial charge in [-0.15, -0.1) is 0 Å². The van der Waals surface area contributed by atoms with Gasteiger partial charge in [0.1, 0.15) is 13.2 Å². The van der Waals surface area contributed by atoms with Crippen LogP contribution in [0.3, 0.4) is 0 Å². The average molecular weight is 381 g/mol. The van der Waals surface area contributed by atoms with Crippen molar-refractivity contribution in [2.24, 2.45) is 4.99 Å². The minimum Gasteiger partial charge on any atom is -0.486 e. The molecule has 0 aliphatic carbocycles. The summed E-state index contributed by atoms with van der Waals surface area (Å²) < 4.78 is 11.2. The molecule has 0 aromatic heterocycles. The Morgan fingerprint density at radius 2 is 1.88 bits per heavy atom. The Labute approximate surface area is 158 Å². The number of amides is 1. The van der Waals surface area contributed by atoms with Gasteiger partial charge in [-0.3, -0.25) is 4.79 Å². The number of hydrogen-bond acceptors (Lipinski definition) is 4. The van der Waals surface area contributed by atoms with Gasteiger partial charge in [-0.25, -0.2) is 4.99 Å². The topological polar surface area (TPSA) is 66.4 Å². The van der Waals surface area contributed by atoms with Gasteiger partial charge in [-0.2, -0.15) is 0 Å².